The average Bonchev–Trinajstić information content (AvgIpc) is 2.39. The van der Waals surface area contributed by atoms with Crippen LogP contribution in [0.5, 0.6) is 0 Å². The van der Waals surface area contributed by atoms with Crippen molar-refractivity contribution in [3.05, 3.63) is 0 Å². The quantitative estimate of drug-likeness (QED) is 0.688. The topological polar surface area (TPSA) is 67.6 Å². The van der Waals surface area contributed by atoms with Crippen molar-refractivity contribution in [2.75, 3.05) is 32.8 Å². The van der Waals surface area contributed by atoms with Crippen molar-refractivity contribution in [1.82, 2.24) is 10.2 Å². The highest BCUT2D eigenvalue weighted by atomic mass is 16.5. The van der Waals surface area contributed by atoms with Gasteiger partial charge in [0.1, 0.15) is 6.10 Å². The molecule has 0 bridgehead atoms. The number of hydrogen-bond acceptors (Lipinski definition) is 4. The first-order valence-electron chi connectivity index (χ1n) is 6.55. The highest BCUT2D eigenvalue weighted by Gasteiger charge is 2.33. The molecule has 5 heteroatoms. The van der Waals surface area contributed by atoms with E-state index in [1.165, 1.54) is 0 Å². The minimum atomic E-state index is -0.314. The molecule has 0 aliphatic carbocycles. The number of carbonyl (C=O) groups excluding carboxylic acids is 1. The predicted molar refractivity (Wildman–Crippen MR) is 65.6 cm³/mol. The van der Waals surface area contributed by atoms with Crippen LogP contribution >= 0.6 is 0 Å². The Hall–Kier alpha value is -0.650. The van der Waals surface area contributed by atoms with Gasteiger partial charge in [0.2, 0.25) is 0 Å². The van der Waals surface area contributed by atoms with E-state index in [1.54, 1.807) is 0 Å². The summed E-state index contributed by atoms with van der Waals surface area (Å²) in [5.74, 6) is 0.776. The van der Waals surface area contributed by atoms with Gasteiger partial charge in [-0.05, 0) is 18.8 Å². The molecule has 0 aromatic rings. The Labute approximate surface area is 103 Å². The van der Waals surface area contributed by atoms with E-state index in [1.807, 2.05) is 4.90 Å². The third-order valence-corrected chi connectivity index (χ3v) is 3.74. The van der Waals surface area contributed by atoms with Gasteiger partial charge < -0.3 is 20.7 Å². The SMILES string of the molecule is CC1CCN(C(=O)C2CNCCO2)C(CN)C1. The number of nitrogens with zero attached hydrogens (tertiary/aromatic N) is 1. The Kier molecular flexibility index (Phi) is 4.36. The van der Waals surface area contributed by atoms with Crippen molar-refractivity contribution < 1.29 is 9.53 Å². The van der Waals surface area contributed by atoms with Crippen LogP contribution < -0.4 is 11.1 Å². The summed E-state index contributed by atoms with van der Waals surface area (Å²) in [6.45, 7) is 5.68. The predicted octanol–water partition coefficient (Wildman–Crippen LogP) is -0.439. The zero-order valence-electron chi connectivity index (χ0n) is 10.5. The Bertz CT molecular complexity index is 266. The van der Waals surface area contributed by atoms with E-state index in [-0.39, 0.29) is 18.1 Å². The van der Waals surface area contributed by atoms with Crippen molar-refractivity contribution in [2.45, 2.75) is 31.9 Å². The lowest BCUT2D eigenvalue weighted by molar-refractivity contribution is -0.149. The van der Waals surface area contributed by atoms with E-state index in [4.69, 9.17) is 10.5 Å². The van der Waals surface area contributed by atoms with Gasteiger partial charge in [-0.15, -0.1) is 0 Å². The maximum absolute atomic E-state index is 12.3. The lowest BCUT2D eigenvalue weighted by Gasteiger charge is -2.40. The zero-order chi connectivity index (χ0) is 12.3. The molecule has 0 aromatic heterocycles. The highest BCUT2D eigenvalue weighted by Crippen LogP contribution is 2.23. The molecule has 2 aliphatic heterocycles. The van der Waals surface area contributed by atoms with Gasteiger partial charge in [-0.3, -0.25) is 4.79 Å². The molecule has 3 N–H and O–H groups in total. The van der Waals surface area contributed by atoms with Crippen LogP contribution in [-0.2, 0) is 9.53 Å². The van der Waals surface area contributed by atoms with E-state index >= 15 is 0 Å². The number of rotatable bonds is 2. The molecule has 2 rings (SSSR count). The molecule has 2 aliphatic rings. The minimum absolute atomic E-state index is 0.111. The number of nitrogens with two attached hydrogens (primary N) is 1. The van der Waals surface area contributed by atoms with E-state index < -0.39 is 0 Å². The lowest BCUT2D eigenvalue weighted by Crippen LogP contribution is -2.56. The van der Waals surface area contributed by atoms with Crippen LogP contribution in [0.15, 0.2) is 0 Å². The summed E-state index contributed by atoms with van der Waals surface area (Å²) in [5.41, 5.74) is 5.77. The molecule has 0 saturated carbocycles. The van der Waals surface area contributed by atoms with Crippen molar-refractivity contribution in [3.8, 4) is 0 Å². The third-order valence-electron chi connectivity index (χ3n) is 3.74. The summed E-state index contributed by atoms with van der Waals surface area (Å²) in [4.78, 5) is 14.3. The molecular formula is C12H23N3O2. The van der Waals surface area contributed by atoms with Gasteiger partial charge in [0.15, 0.2) is 0 Å². The van der Waals surface area contributed by atoms with Crippen LogP contribution in [0.3, 0.4) is 0 Å². The van der Waals surface area contributed by atoms with Crippen LogP contribution in [0.4, 0.5) is 0 Å². The molecule has 0 radical (unpaired) electrons. The van der Waals surface area contributed by atoms with Gasteiger partial charge >= 0.3 is 0 Å². The van der Waals surface area contributed by atoms with Gasteiger partial charge in [-0.1, -0.05) is 6.92 Å². The van der Waals surface area contributed by atoms with Crippen molar-refractivity contribution in [2.24, 2.45) is 11.7 Å². The number of morpholine rings is 1. The molecule has 3 unspecified atom stereocenters. The Morgan fingerprint density at radius 1 is 1.59 bits per heavy atom. The number of ether oxygens (including phenoxy) is 1. The van der Waals surface area contributed by atoms with Crippen molar-refractivity contribution in [1.29, 1.82) is 0 Å². The number of nitrogens with one attached hydrogen (secondary N) is 1. The van der Waals surface area contributed by atoms with Crippen LogP contribution in [0.25, 0.3) is 0 Å². The second-order valence-electron chi connectivity index (χ2n) is 5.11. The zero-order valence-corrected chi connectivity index (χ0v) is 10.5. The summed E-state index contributed by atoms with van der Waals surface area (Å²) in [6, 6.07) is 0.191. The summed E-state index contributed by atoms with van der Waals surface area (Å²) < 4.78 is 5.52. The summed E-state index contributed by atoms with van der Waals surface area (Å²) in [7, 11) is 0. The number of likely N-dealkylation sites (tertiary alicyclic amines) is 1. The van der Waals surface area contributed by atoms with E-state index in [0.717, 1.165) is 25.9 Å². The summed E-state index contributed by atoms with van der Waals surface area (Å²) in [6.07, 6.45) is 1.77. The largest absolute Gasteiger partial charge is 0.366 e. The van der Waals surface area contributed by atoms with Gasteiger partial charge in [-0.25, -0.2) is 0 Å². The second kappa shape index (κ2) is 5.80. The van der Waals surface area contributed by atoms with Crippen LogP contribution in [0.2, 0.25) is 0 Å². The number of amides is 1. The first-order valence-corrected chi connectivity index (χ1v) is 6.55. The summed E-state index contributed by atoms with van der Waals surface area (Å²) >= 11 is 0. The maximum Gasteiger partial charge on any atom is 0.253 e. The first kappa shape index (κ1) is 12.8. The normalized spacial score (nSPS) is 34.7. The first-order chi connectivity index (χ1) is 8.22. The molecule has 17 heavy (non-hydrogen) atoms. The minimum Gasteiger partial charge on any atom is -0.366 e. The molecule has 0 aromatic carbocycles. The fourth-order valence-electron chi connectivity index (χ4n) is 2.67. The van der Waals surface area contributed by atoms with Crippen LogP contribution in [0.1, 0.15) is 19.8 Å². The van der Waals surface area contributed by atoms with Crippen molar-refractivity contribution in [3.63, 3.8) is 0 Å². The molecule has 2 heterocycles. The van der Waals surface area contributed by atoms with Gasteiger partial charge in [0.05, 0.1) is 6.61 Å². The number of hydrogen-bond donors (Lipinski definition) is 2. The van der Waals surface area contributed by atoms with Gasteiger partial charge in [0.25, 0.3) is 5.91 Å². The fraction of sp³-hybridized carbons (Fsp3) is 0.917. The van der Waals surface area contributed by atoms with Crippen LogP contribution in [0, 0.1) is 5.92 Å². The second-order valence-corrected chi connectivity index (χ2v) is 5.11. The molecule has 3 atom stereocenters. The van der Waals surface area contributed by atoms with E-state index in [0.29, 0.717) is 25.6 Å². The molecule has 5 nitrogen and oxygen atoms in total. The smallest absolute Gasteiger partial charge is 0.253 e. The Morgan fingerprint density at radius 2 is 2.41 bits per heavy atom. The maximum atomic E-state index is 12.3. The van der Waals surface area contributed by atoms with Crippen LogP contribution in [-0.4, -0.2) is 55.7 Å². The van der Waals surface area contributed by atoms with E-state index in [2.05, 4.69) is 12.2 Å². The highest BCUT2D eigenvalue weighted by molar-refractivity contribution is 5.81. The molecule has 2 fully saturated rings. The lowest BCUT2D eigenvalue weighted by atomic mass is 9.92. The van der Waals surface area contributed by atoms with Gasteiger partial charge in [0, 0.05) is 32.2 Å². The average molecular weight is 241 g/mol. The summed E-state index contributed by atoms with van der Waals surface area (Å²) in [5, 5.41) is 3.19. The van der Waals surface area contributed by atoms with E-state index in [9.17, 15) is 4.79 Å². The molecule has 2 saturated heterocycles. The van der Waals surface area contributed by atoms with Gasteiger partial charge in [-0.2, -0.15) is 0 Å². The number of piperidine rings is 1. The molecule has 0 spiro atoms. The standard InChI is InChI=1S/C12H23N3O2/c1-9-2-4-15(10(6-9)7-13)12(16)11-8-14-3-5-17-11/h9-11,14H,2-8,13H2,1H3. The monoisotopic (exact) mass is 241 g/mol. The molecular weight excluding hydrogens is 218 g/mol. The Morgan fingerprint density at radius 3 is 3.06 bits per heavy atom. The number of carbonyl (C=O) groups is 1. The van der Waals surface area contributed by atoms with Crippen molar-refractivity contribution >= 4 is 5.91 Å². The third kappa shape index (κ3) is 2.97. The molecule has 98 valence electrons. The fourth-order valence-corrected chi connectivity index (χ4v) is 2.67. The Balaban J connectivity index is 1.96. The molecule has 1 amide bonds.